The number of likely N-dealkylation sites (N-methyl/N-ethyl adjacent to an activating group) is 1. The number of nitrogens with one attached hydrogen (secondary N) is 1. The minimum atomic E-state index is -4.54. The lowest BCUT2D eigenvalue weighted by Crippen LogP contribution is -2.35. The van der Waals surface area contributed by atoms with Crippen LogP contribution in [0.4, 0.5) is 13.2 Å². The lowest BCUT2D eigenvalue weighted by Gasteiger charge is -2.11. The molecule has 0 aliphatic carbocycles. The fourth-order valence-corrected chi connectivity index (χ4v) is 3.24. The summed E-state index contributed by atoms with van der Waals surface area (Å²) in [5, 5.41) is 8.34. The Balaban J connectivity index is 1.99. The Morgan fingerprint density at radius 3 is 2.67 bits per heavy atom. The van der Waals surface area contributed by atoms with E-state index in [1.807, 2.05) is 0 Å². The maximum absolute atomic E-state index is 13.1. The number of benzene rings is 1. The third-order valence-electron chi connectivity index (χ3n) is 3.95. The number of nitrogens with zero attached hydrogens (tertiary/aromatic N) is 3. The zero-order valence-corrected chi connectivity index (χ0v) is 16.8. The van der Waals surface area contributed by atoms with Crippen LogP contribution >= 0.6 is 11.3 Å². The van der Waals surface area contributed by atoms with E-state index in [0.29, 0.717) is 11.4 Å². The molecule has 3 rings (SSSR count). The van der Waals surface area contributed by atoms with E-state index in [2.05, 4.69) is 15.4 Å². The molecule has 2 heterocycles. The van der Waals surface area contributed by atoms with Crippen molar-refractivity contribution in [2.45, 2.75) is 26.1 Å². The van der Waals surface area contributed by atoms with Crippen molar-refractivity contribution in [2.24, 2.45) is 0 Å². The van der Waals surface area contributed by atoms with Gasteiger partial charge in [0.1, 0.15) is 0 Å². The summed E-state index contributed by atoms with van der Waals surface area (Å²) < 4.78 is 45.6. The number of esters is 1. The lowest BCUT2D eigenvalue weighted by molar-refractivity contribution is -0.137. The number of rotatable bonds is 6. The van der Waals surface area contributed by atoms with Crippen molar-refractivity contribution in [1.82, 2.24) is 20.1 Å². The van der Waals surface area contributed by atoms with Crippen LogP contribution in [0.5, 0.6) is 0 Å². The maximum Gasteiger partial charge on any atom is 0.416 e. The summed E-state index contributed by atoms with van der Waals surface area (Å²) >= 11 is 1.28. The molecule has 158 valence electrons. The molecule has 1 unspecified atom stereocenters. The molecule has 0 radical (unpaired) electrons. The van der Waals surface area contributed by atoms with Crippen LogP contribution in [0.2, 0.25) is 0 Å². The van der Waals surface area contributed by atoms with E-state index in [4.69, 9.17) is 4.74 Å². The number of aromatic nitrogens is 3. The first kappa shape index (κ1) is 21.5. The fourth-order valence-electron chi connectivity index (χ4n) is 2.54. The fraction of sp³-hybridized carbons (Fsp3) is 0.263. The number of amides is 1. The van der Waals surface area contributed by atoms with Gasteiger partial charge < -0.3 is 10.1 Å². The first-order valence-corrected chi connectivity index (χ1v) is 9.76. The van der Waals surface area contributed by atoms with E-state index in [1.165, 1.54) is 30.4 Å². The van der Waals surface area contributed by atoms with E-state index >= 15 is 0 Å². The van der Waals surface area contributed by atoms with Crippen molar-refractivity contribution in [1.29, 1.82) is 0 Å². The number of carbonyl (C=O) groups excluding carboxylic acids is 2. The highest BCUT2D eigenvalue weighted by molar-refractivity contribution is 7.13. The van der Waals surface area contributed by atoms with Gasteiger partial charge >= 0.3 is 12.1 Å². The highest BCUT2D eigenvalue weighted by Gasteiger charge is 2.31. The zero-order chi connectivity index (χ0) is 21.9. The first-order chi connectivity index (χ1) is 14.2. The van der Waals surface area contributed by atoms with Gasteiger partial charge in [-0.3, -0.25) is 4.79 Å². The minimum absolute atomic E-state index is 0.0801. The van der Waals surface area contributed by atoms with E-state index < -0.39 is 29.7 Å². The van der Waals surface area contributed by atoms with Crippen LogP contribution < -0.4 is 5.32 Å². The molecule has 0 aliphatic rings. The Hall–Kier alpha value is -3.21. The number of hydrogen-bond acceptors (Lipinski definition) is 6. The SMILES string of the molecule is CCNC(=O)C(C)OC(=O)c1nc(-c2cccs2)n(-c2cccc(C(F)(F)F)c2)n1. The molecule has 1 atom stereocenters. The molecule has 0 saturated heterocycles. The van der Waals surface area contributed by atoms with Gasteiger partial charge in [0, 0.05) is 6.54 Å². The van der Waals surface area contributed by atoms with Crippen molar-refractivity contribution in [3.63, 3.8) is 0 Å². The average molecular weight is 438 g/mol. The highest BCUT2D eigenvalue weighted by atomic mass is 32.1. The summed E-state index contributed by atoms with van der Waals surface area (Å²) in [5.74, 6) is -1.63. The molecule has 3 aromatic rings. The van der Waals surface area contributed by atoms with Crippen LogP contribution in [0.3, 0.4) is 0 Å². The average Bonchev–Trinajstić information content (AvgIpc) is 3.37. The van der Waals surface area contributed by atoms with Crippen LogP contribution in [0.1, 0.15) is 30.0 Å². The summed E-state index contributed by atoms with van der Waals surface area (Å²) in [5.41, 5.74) is -0.779. The summed E-state index contributed by atoms with van der Waals surface area (Å²) in [7, 11) is 0. The smallest absolute Gasteiger partial charge is 0.416 e. The largest absolute Gasteiger partial charge is 0.447 e. The molecule has 2 aromatic heterocycles. The van der Waals surface area contributed by atoms with Gasteiger partial charge in [-0.05, 0) is 43.5 Å². The third kappa shape index (κ3) is 4.67. The van der Waals surface area contributed by atoms with Crippen molar-refractivity contribution >= 4 is 23.2 Å². The van der Waals surface area contributed by atoms with Gasteiger partial charge in [0.25, 0.3) is 11.7 Å². The van der Waals surface area contributed by atoms with Gasteiger partial charge in [0.05, 0.1) is 16.1 Å². The Morgan fingerprint density at radius 2 is 2.03 bits per heavy atom. The molecule has 0 aliphatic heterocycles. The van der Waals surface area contributed by atoms with Gasteiger partial charge in [-0.25, -0.2) is 9.48 Å². The monoisotopic (exact) mass is 438 g/mol. The molecule has 0 fully saturated rings. The summed E-state index contributed by atoms with van der Waals surface area (Å²) in [6.07, 6.45) is -5.62. The number of halogens is 3. The van der Waals surface area contributed by atoms with Crippen LogP contribution in [0.25, 0.3) is 16.4 Å². The van der Waals surface area contributed by atoms with Crippen LogP contribution in [0.15, 0.2) is 41.8 Å². The molecule has 30 heavy (non-hydrogen) atoms. The van der Waals surface area contributed by atoms with Gasteiger partial charge in [-0.1, -0.05) is 12.1 Å². The summed E-state index contributed by atoms with van der Waals surface area (Å²) in [4.78, 5) is 29.0. The van der Waals surface area contributed by atoms with Gasteiger partial charge in [-0.15, -0.1) is 16.4 Å². The summed E-state index contributed by atoms with van der Waals surface area (Å²) in [6.45, 7) is 3.48. The highest BCUT2D eigenvalue weighted by Crippen LogP contribution is 2.32. The van der Waals surface area contributed by atoms with Gasteiger partial charge in [0.2, 0.25) is 0 Å². The van der Waals surface area contributed by atoms with Crippen LogP contribution in [-0.4, -0.2) is 39.3 Å². The number of carbonyl (C=O) groups is 2. The van der Waals surface area contributed by atoms with Crippen LogP contribution in [-0.2, 0) is 15.7 Å². The van der Waals surface area contributed by atoms with Crippen molar-refractivity contribution < 1.29 is 27.5 Å². The predicted octanol–water partition coefficient (Wildman–Crippen LogP) is 3.70. The predicted molar refractivity (Wildman–Crippen MR) is 103 cm³/mol. The number of hydrogen-bond donors (Lipinski definition) is 1. The second kappa shape index (κ2) is 8.66. The first-order valence-electron chi connectivity index (χ1n) is 8.88. The van der Waals surface area contributed by atoms with E-state index in [9.17, 15) is 22.8 Å². The standard InChI is InChI=1S/C19H17F3N4O3S/c1-3-23-17(27)11(2)29-18(28)15-24-16(14-8-5-9-30-14)26(25-15)13-7-4-6-12(10-13)19(20,21)22/h4-11H,3H2,1-2H3,(H,23,27). The number of ether oxygens (including phenoxy) is 1. The molecular formula is C19H17F3N4O3S. The third-order valence-corrected chi connectivity index (χ3v) is 4.82. The van der Waals surface area contributed by atoms with Crippen LogP contribution in [0, 0.1) is 0 Å². The molecule has 0 bridgehead atoms. The quantitative estimate of drug-likeness (QED) is 0.593. The molecule has 1 N–H and O–H groups in total. The van der Waals surface area contributed by atoms with Crippen molar-refractivity contribution in [3.05, 3.63) is 53.2 Å². The molecule has 1 amide bonds. The number of alkyl halides is 3. The van der Waals surface area contributed by atoms with E-state index in [-0.39, 0.29) is 17.3 Å². The minimum Gasteiger partial charge on any atom is -0.447 e. The molecular weight excluding hydrogens is 421 g/mol. The Kier molecular flexibility index (Phi) is 6.20. The second-order valence-electron chi connectivity index (χ2n) is 6.14. The Bertz CT molecular complexity index is 1050. The van der Waals surface area contributed by atoms with E-state index in [0.717, 1.165) is 16.8 Å². The van der Waals surface area contributed by atoms with Crippen molar-refractivity contribution in [2.75, 3.05) is 6.54 Å². The maximum atomic E-state index is 13.1. The number of thiophene rings is 1. The Labute approximate surface area is 173 Å². The van der Waals surface area contributed by atoms with Crippen molar-refractivity contribution in [3.8, 4) is 16.4 Å². The van der Waals surface area contributed by atoms with E-state index in [1.54, 1.807) is 24.4 Å². The molecule has 1 aromatic carbocycles. The molecule has 0 spiro atoms. The second-order valence-corrected chi connectivity index (χ2v) is 7.09. The van der Waals surface area contributed by atoms with Gasteiger partial charge in [0.15, 0.2) is 11.9 Å². The lowest BCUT2D eigenvalue weighted by atomic mass is 10.2. The zero-order valence-electron chi connectivity index (χ0n) is 15.9. The normalized spacial score (nSPS) is 12.4. The molecule has 0 saturated carbocycles. The molecule has 11 heteroatoms. The molecule has 7 nitrogen and oxygen atoms in total. The topological polar surface area (TPSA) is 86.1 Å². The van der Waals surface area contributed by atoms with Gasteiger partial charge in [-0.2, -0.15) is 18.2 Å². The Morgan fingerprint density at radius 1 is 1.27 bits per heavy atom. The summed E-state index contributed by atoms with van der Waals surface area (Å²) in [6, 6.07) is 7.96.